The summed E-state index contributed by atoms with van der Waals surface area (Å²) in [4.78, 5) is 27.3. The number of benzene rings is 2. The number of amides is 1. The average molecular weight is 707 g/mol. The number of alkyl halides is 2. The van der Waals surface area contributed by atoms with Crippen LogP contribution in [0.1, 0.15) is 27.6 Å². The number of halogens is 4. The van der Waals surface area contributed by atoms with E-state index in [1.807, 2.05) is 0 Å². The molecule has 45 heavy (non-hydrogen) atoms. The van der Waals surface area contributed by atoms with Gasteiger partial charge in [0, 0.05) is 43.9 Å². The Kier molecular flexibility index (Phi) is 11.0. The number of rotatable bonds is 11. The maximum absolute atomic E-state index is 13.7. The van der Waals surface area contributed by atoms with Gasteiger partial charge in [0.2, 0.25) is 10.0 Å². The summed E-state index contributed by atoms with van der Waals surface area (Å²) in [5, 5.41) is 10.4. The van der Waals surface area contributed by atoms with Gasteiger partial charge < -0.3 is 24.3 Å². The molecule has 0 aliphatic carbocycles. The van der Waals surface area contributed by atoms with Crippen LogP contribution in [-0.2, 0) is 26.0 Å². The summed E-state index contributed by atoms with van der Waals surface area (Å²) >= 11 is 13.6. The molecule has 1 fully saturated rings. The van der Waals surface area contributed by atoms with Gasteiger partial charge in [-0.25, -0.2) is 13.2 Å². The Morgan fingerprint density at radius 3 is 2.44 bits per heavy atom. The average Bonchev–Trinajstić information content (AvgIpc) is 3.49. The van der Waals surface area contributed by atoms with Crippen molar-refractivity contribution in [2.45, 2.75) is 29.4 Å². The number of aromatic nitrogens is 1. The molecule has 0 N–H and O–H groups in total. The molecule has 11 nitrogen and oxygen atoms in total. The number of ether oxygens (including phenoxy) is 3. The van der Waals surface area contributed by atoms with Crippen molar-refractivity contribution in [3.63, 3.8) is 0 Å². The first-order valence-corrected chi connectivity index (χ1v) is 16.3. The highest BCUT2D eigenvalue weighted by molar-refractivity contribution is 8.02. The number of carbonyl (C=O) groups is 2. The zero-order chi connectivity index (χ0) is 33.1. The second-order valence-electron chi connectivity index (χ2n) is 9.78. The fourth-order valence-corrected chi connectivity index (χ4v) is 8.18. The van der Waals surface area contributed by atoms with Crippen molar-refractivity contribution in [3.05, 3.63) is 86.8 Å². The molecule has 4 rings (SSSR count). The van der Waals surface area contributed by atoms with E-state index in [2.05, 4.69) is 4.74 Å². The zero-order valence-electron chi connectivity index (χ0n) is 24.0. The monoisotopic (exact) mass is 705 g/mol. The van der Waals surface area contributed by atoms with Gasteiger partial charge in [-0.3, -0.25) is 4.79 Å². The molecule has 0 saturated carbocycles. The molecule has 242 valence electrons. The van der Waals surface area contributed by atoms with Crippen molar-refractivity contribution in [1.29, 1.82) is 0 Å². The van der Waals surface area contributed by atoms with Gasteiger partial charge in [-0.05, 0) is 35.9 Å². The summed E-state index contributed by atoms with van der Waals surface area (Å²) in [5.41, 5.74) is 0.637. The third-order valence-corrected chi connectivity index (χ3v) is 10.5. The van der Waals surface area contributed by atoms with E-state index in [0.717, 1.165) is 28.5 Å². The zero-order valence-corrected chi connectivity index (χ0v) is 27.1. The van der Waals surface area contributed by atoms with E-state index in [1.54, 1.807) is 0 Å². The van der Waals surface area contributed by atoms with Crippen LogP contribution in [0.2, 0.25) is 10.0 Å². The lowest BCUT2D eigenvalue weighted by atomic mass is 10.0. The van der Waals surface area contributed by atoms with E-state index in [1.165, 1.54) is 68.6 Å². The van der Waals surface area contributed by atoms with E-state index in [0.29, 0.717) is 4.73 Å². The molecule has 17 heteroatoms. The van der Waals surface area contributed by atoms with Crippen LogP contribution in [-0.4, -0.2) is 75.0 Å². The van der Waals surface area contributed by atoms with Gasteiger partial charge in [-0.2, -0.15) is 17.8 Å². The quantitative estimate of drug-likeness (QED) is 0.161. The second-order valence-corrected chi connectivity index (χ2v) is 13.7. The topological polar surface area (TPSA) is 129 Å². The van der Waals surface area contributed by atoms with Gasteiger partial charge in [0.1, 0.15) is 16.1 Å². The lowest BCUT2D eigenvalue weighted by Gasteiger charge is -2.26. The van der Waals surface area contributed by atoms with Crippen LogP contribution in [0.3, 0.4) is 0 Å². The normalized spacial score (nSPS) is 16.0. The highest BCUT2D eigenvalue weighted by Crippen LogP contribution is 2.38. The van der Waals surface area contributed by atoms with Crippen LogP contribution in [0.15, 0.2) is 59.8 Å². The fourth-order valence-electron chi connectivity index (χ4n) is 4.48. The molecule has 2 aromatic carbocycles. The fraction of sp³-hybridized carbons (Fsp3) is 0.321. The van der Waals surface area contributed by atoms with Gasteiger partial charge in [0.25, 0.3) is 5.91 Å². The third kappa shape index (κ3) is 7.90. The molecular weight excluding hydrogens is 679 g/mol. The van der Waals surface area contributed by atoms with E-state index >= 15 is 0 Å². The Hall–Kier alpha value is -3.37. The van der Waals surface area contributed by atoms with Crippen molar-refractivity contribution in [2.75, 3.05) is 33.5 Å². The summed E-state index contributed by atoms with van der Waals surface area (Å²) in [7, 11) is 0.0333. The molecule has 2 unspecified atom stereocenters. The largest absolute Gasteiger partial charge is 0.619 e. The molecule has 3 aromatic rings. The predicted molar refractivity (Wildman–Crippen MR) is 162 cm³/mol. The third-order valence-electron chi connectivity index (χ3n) is 6.63. The minimum Gasteiger partial charge on any atom is -0.619 e. The lowest BCUT2D eigenvalue weighted by Crippen LogP contribution is -2.40. The molecule has 1 aromatic heterocycles. The van der Waals surface area contributed by atoms with Crippen molar-refractivity contribution in [3.8, 4) is 11.5 Å². The van der Waals surface area contributed by atoms with Gasteiger partial charge in [-0.15, -0.1) is 11.8 Å². The molecule has 2 heterocycles. The van der Waals surface area contributed by atoms with Crippen LogP contribution in [0.25, 0.3) is 0 Å². The predicted octanol–water partition coefficient (Wildman–Crippen LogP) is 4.53. The SMILES string of the molecule is COc1cc(C(Cc2c(Cl)c[n+]([O-])cc2Cl)OC(=O)C2SCCN2S(=O)(=O)c2cccc(C(=O)N(C)C)c2)ccc1OC(F)F. The standard InChI is InChI=1S/C28H27Cl2F2N3O8S2/c1-33(2)25(36)17-5-4-6-18(11-17)45(39,40)35-9-10-44-26(35)27(37)42-23(13-19-20(29)14-34(38)15-21(19)30)16-7-8-22(43-28(31)32)24(12-16)41-3/h4-8,11-12,14-15,23,26,28H,9-10,13H2,1-3H3. The Labute approximate surface area is 272 Å². The van der Waals surface area contributed by atoms with E-state index < -0.39 is 40.0 Å². The molecule has 2 atom stereocenters. The minimum atomic E-state index is -4.27. The van der Waals surface area contributed by atoms with Crippen LogP contribution in [0.4, 0.5) is 8.78 Å². The van der Waals surface area contributed by atoms with E-state index in [4.69, 9.17) is 32.7 Å². The Morgan fingerprint density at radius 1 is 1.13 bits per heavy atom. The highest BCUT2D eigenvalue weighted by Gasteiger charge is 2.42. The molecule has 0 radical (unpaired) electrons. The second kappa shape index (κ2) is 14.4. The Balaban J connectivity index is 1.68. The summed E-state index contributed by atoms with van der Waals surface area (Å²) in [6.07, 6.45) is 0.730. The van der Waals surface area contributed by atoms with Crippen LogP contribution in [0, 0.1) is 5.21 Å². The first-order chi connectivity index (χ1) is 21.2. The number of pyridine rings is 1. The number of hydrogen-bond acceptors (Lipinski definition) is 9. The molecule has 0 spiro atoms. The molecule has 0 bridgehead atoms. The number of hydrogen-bond donors (Lipinski definition) is 0. The highest BCUT2D eigenvalue weighted by atomic mass is 35.5. The van der Waals surface area contributed by atoms with Crippen LogP contribution in [0.5, 0.6) is 11.5 Å². The van der Waals surface area contributed by atoms with Crippen molar-refractivity contribution in [2.24, 2.45) is 0 Å². The number of methoxy groups -OCH3 is 1. The smallest absolute Gasteiger partial charge is 0.387 e. The van der Waals surface area contributed by atoms with E-state index in [-0.39, 0.29) is 61.8 Å². The van der Waals surface area contributed by atoms with Gasteiger partial charge >= 0.3 is 12.6 Å². The number of carbonyl (C=O) groups excluding carboxylic acids is 2. The molecule has 1 saturated heterocycles. The maximum Gasteiger partial charge on any atom is 0.387 e. The first kappa shape index (κ1) is 34.5. The van der Waals surface area contributed by atoms with E-state index in [9.17, 15) is 32.0 Å². The van der Waals surface area contributed by atoms with Crippen LogP contribution >= 0.6 is 35.0 Å². The molecule has 1 aliphatic heterocycles. The van der Waals surface area contributed by atoms with Crippen molar-refractivity contribution >= 4 is 56.9 Å². The maximum atomic E-state index is 13.7. The Morgan fingerprint density at radius 2 is 1.82 bits per heavy atom. The molecule has 1 aliphatic rings. The number of esters is 1. The summed E-state index contributed by atoms with van der Waals surface area (Å²) < 4.78 is 70.2. The van der Waals surface area contributed by atoms with Gasteiger partial charge in [0.05, 0.1) is 12.0 Å². The molecular formula is C28H27Cl2F2N3O8S2. The Bertz CT molecular complexity index is 1670. The first-order valence-electron chi connectivity index (χ1n) is 13.1. The molecule has 1 amide bonds. The van der Waals surface area contributed by atoms with Crippen LogP contribution < -0.4 is 14.2 Å². The summed E-state index contributed by atoms with van der Waals surface area (Å²) in [5.74, 6) is -1.43. The van der Waals surface area contributed by atoms with Crippen molar-refractivity contribution in [1.82, 2.24) is 9.21 Å². The van der Waals surface area contributed by atoms with Gasteiger partial charge in [0.15, 0.2) is 29.3 Å². The van der Waals surface area contributed by atoms with Gasteiger partial charge in [-0.1, -0.05) is 35.3 Å². The van der Waals surface area contributed by atoms with Crippen molar-refractivity contribution < 1.29 is 45.7 Å². The summed E-state index contributed by atoms with van der Waals surface area (Å²) in [6, 6.07) is 9.36. The number of sulfonamides is 1. The number of thioether (sulfide) groups is 1. The number of nitrogens with zero attached hydrogens (tertiary/aromatic N) is 3. The summed E-state index contributed by atoms with van der Waals surface area (Å²) in [6.45, 7) is -3.15. The minimum absolute atomic E-state index is 0.0172. The lowest BCUT2D eigenvalue weighted by molar-refractivity contribution is -0.605.